The first-order chi connectivity index (χ1) is 7.72. The van der Waals surface area contributed by atoms with E-state index in [1.165, 1.54) is 24.3 Å². The van der Waals surface area contributed by atoms with Gasteiger partial charge in [0.1, 0.15) is 11.6 Å². The summed E-state index contributed by atoms with van der Waals surface area (Å²) in [5, 5.41) is 0. The Labute approximate surface area is 92.5 Å². The molecule has 2 rings (SSSR count). The van der Waals surface area contributed by atoms with Crippen molar-refractivity contribution in [3.63, 3.8) is 0 Å². The minimum Gasteiger partial charge on any atom is -0.326 e. The SMILES string of the molecule is NCc1ccc(F)c(-c2c[c]ccc2F)c1. The van der Waals surface area contributed by atoms with E-state index in [4.69, 9.17) is 5.73 Å². The first-order valence-electron chi connectivity index (χ1n) is 4.87. The summed E-state index contributed by atoms with van der Waals surface area (Å²) in [6, 6.07) is 11.3. The number of benzene rings is 2. The van der Waals surface area contributed by atoms with Gasteiger partial charge < -0.3 is 5.73 Å². The molecular weight excluding hydrogens is 208 g/mol. The van der Waals surface area contributed by atoms with Crippen LogP contribution in [0.15, 0.2) is 36.4 Å². The third kappa shape index (κ3) is 1.95. The molecule has 2 N–H and O–H groups in total. The third-order valence-corrected chi connectivity index (χ3v) is 2.37. The van der Waals surface area contributed by atoms with Crippen molar-refractivity contribution in [2.24, 2.45) is 5.73 Å². The normalized spacial score (nSPS) is 10.4. The minimum atomic E-state index is -0.466. The quantitative estimate of drug-likeness (QED) is 0.824. The lowest BCUT2D eigenvalue weighted by Gasteiger charge is -2.06. The highest BCUT2D eigenvalue weighted by Gasteiger charge is 2.09. The molecule has 2 aromatic carbocycles. The highest BCUT2D eigenvalue weighted by Crippen LogP contribution is 2.26. The van der Waals surface area contributed by atoms with Crippen molar-refractivity contribution in [1.29, 1.82) is 0 Å². The fraction of sp³-hybridized carbons (Fsp3) is 0.0769. The van der Waals surface area contributed by atoms with Gasteiger partial charge in [-0.05, 0) is 35.9 Å². The summed E-state index contributed by atoms with van der Waals surface area (Å²) in [6.07, 6.45) is 0. The van der Waals surface area contributed by atoms with E-state index < -0.39 is 11.6 Å². The van der Waals surface area contributed by atoms with Crippen LogP contribution in [0, 0.1) is 17.7 Å². The van der Waals surface area contributed by atoms with Gasteiger partial charge in [0, 0.05) is 17.7 Å². The molecule has 1 nitrogen and oxygen atoms in total. The fourth-order valence-corrected chi connectivity index (χ4v) is 1.52. The molecule has 0 aliphatic carbocycles. The number of hydrogen-bond acceptors (Lipinski definition) is 1. The van der Waals surface area contributed by atoms with Crippen LogP contribution in [0.2, 0.25) is 0 Å². The molecule has 0 heterocycles. The van der Waals surface area contributed by atoms with E-state index in [9.17, 15) is 8.78 Å². The Morgan fingerprint density at radius 2 is 1.81 bits per heavy atom. The van der Waals surface area contributed by atoms with Crippen LogP contribution in [0.1, 0.15) is 5.56 Å². The molecule has 0 unspecified atom stereocenters. The second-order valence-electron chi connectivity index (χ2n) is 3.42. The maximum atomic E-state index is 13.6. The summed E-state index contributed by atoms with van der Waals surface area (Å²) in [4.78, 5) is 0. The molecule has 0 fully saturated rings. The summed E-state index contributed by atoms with van der Waals surface area (Å²) in [5.74, 6) is -0.928. The molecule has 0 atom stereocenters. The van der Waals surface area contributed by atoms with E-state index in [0.717, 1.165) is 5.56 Å². The Hall–Kier alpha value is -1.74. The molecule has 0 aliphatic heterocycles. The molecule has 0 amide bonds. The van der Waals surface area contributed by atoms with E-state index in [-0.39, 0.29) is 11.1 Å². The molecule has 0 aliphatic rings. The molecule has 0 saturated heterocycles. The monoisotopic (exact) mass is 218 g/mol. The van der Waals surface area contributed by atoms with Crippen LogP contribution in [-0.2, 0) is 6.54 Å². The van der Waals surface area contributed by atoms with Gasteiger partial charge in [0.05, 0.1) is 0 Å². The lowest BCUT2D eigenvalue weighted by Crippen LogP contribution is -1.98. The van der Waals surface area contributed by atoms with Gasteiger partial charge in [-0.2, -0.15) is 0 Å². The van der Waals surface area contributed by atoms with Gasteiger partial charge in [-0.15, -0.1) is 0 Å². The molecule has 0 aromatic heterocycles. The van der Waals surface area contributed by atoms with Gasteiger partial charge in [0.2, 0.25) is 0 Å². The van der Waals surface area contributed by atoms with E-state index in [1.54, 1.807) is 12.1 Å². The second kappa shape index (κ2) is 4.41. The van der Waals surface area contributed by atoms with Crippen LogP contribution in [0.5, 0.6) is 0 Å². The smallest absolute Gasteiger partial charge is 0.131 e. The topological polar surface area (TPSA) is 26.0 Å². The van der Waals surface area contributed by atoms with Gasteiger partial charge in [-0.25, -0.2) is 8.78 Å². The van der Waals surface area contributed by atoms with Crippen molar-refractivity contribution in [1.82, 2.24) is 0 Å². The zero-order valence-corrected chi connectivity index (χ0v) is 8.50. The predicted molar refractivity (Wildman–Crippen MR) is 58.5 cm³/mol. The summed E-state index contributed by atoms with van der Waals surface area (Å²) < 4.78 is 27.0. The number of halogens is 2. The summed E-state index contributed by atoms with van der Waals surface area (Å²) in [6.45, 7) is 0.297. The summed E-state index contributed by atoms with van der Waals surface area (Å²) in [7, 11) is 0. The Bertz CT molecular complexity index is 509. The van der Waals surface area contributed by atoms with E-state index in [1.807, 2.05) is 0 Å². The second-order valence-corrected chi connectivity index (χ2v) is 3.42. The molecule has 1 radical (unpaired) electrons. The Kier molecular flexibility index (Phi) is 2.97. The molecule has 16 heavy (non-hydrogen) atoms. The number of rotatable bonds is 2. The van der Waals surface area contributed by atoms with Gasteiger partial charge >= 0.3 is 0 Å². The maximum absolute atomic E-state index is 13.6. The number of nitrogens with two attached hydrogens (primary N) is 1. The zero-order chi connectivity index (χ0) is 11.5. The highest BCUT2D eigenvalue weighted by molar-refractivity contribution is 5.65. The lowest BCUT2D eigenvalue weighted by atomic mass is 10.0. The van der Waals surface area contributed by atoms with Crippen LogP contribution in [0.25, 0.3) is 11.1 Å². The number of hydrogen-bond donors (Lipinski definition) is 1. The van der Waals surface area contributed by atoms with E-state index >= 15 is 0 Å². The van der Waals surface area contributed by atoms with Gasteiger partial charge in [-0.3, -0.25) is 0 Å². The van der Waals surface area contributed by atoms with Crippen LogP contribution < -0.4 is 5.73 Å². The molecular formula is C13H10F2N. The summed E-state index contributed by atoms with van der Waals surface area (Å²) >= 11 is 0. The zero-order valence-electron chi connectivity index (χ0n) is 8.50. The molecule has 0 saturated carbocycles. The van der Waals surface area contributed by atoms with Crippen LogP contribution in [0.3, 0.4) is 0 Å². The Morgan fingerprint density at radius 3 is 2.50 bits per heavy atom. The standard InChI is InChI=1S/C13H10F2N/c14-12-4-2-1-3-10(12)11-7-9(8-16)5-6-13(11)15/h2-7H,8,16H2. The largest absolute Gasteiger partial charge is 0.326 e. The molecule has 3 heteroatoms. The van der Waals surface area contributed by atoms with Crippen molar-refractivity contribution in [3.8, 4) is 11.1 Å². The first kappa shape index (κ1) is 10.8. The maximum Gasteiger partial charge on any atom is 0.131 e. The molecule has 2 aromatic rings. The van der Waals surface area contributed by atoms with Crippen molar-refractivity contribution in [2.45, 2.75) is 6.54 Å². The molecule has 0 spiro atoms. The van der Waals surface area contributed by atoms with E-state index in [0.29, 0.717) is 6.54 Å². The van der Waals surface area contributed by atoms with E-state index in [2.05, 4.69) is 6.07 Å². The van der Waals surface area contributed by atoms with Crippen LogP contribution >= 0.6 is 0 Å². The highest BCUT2D eigenvalue weighted by atomic mass is 19.1. The van der Waals surface area contributed by atoms with Gasteiger partial charge in [-0.1, -0.05) is 12.1 Å². The third-order valence-electron chi connectivity index (χ3n) is 2.37. The Morgan fingerprint density at radius 1 is 1.06 bits per heavy atom. The van der Waals surface area contributed by atoms with Crippen molar-refractivity contribution in [3.05, 3.63) is 59.7 Å². The van der Waals surface area contributed by atoms with Gasteiger partial charge in [0.25, 0.3) is 0 Å². The minimum absolute atomic E-state index is 0.204. The van der Waals surface area contributed by atoms with Crippen molar-refractivity contribution >= 4 is 0 Å². The average Bonchev–Trinajstić information content (AvgIpc) is 2.31. The Balaban J connectivity index is 2.59. The molecule has 0 bridgehead atoms. The predicted octanol–water partition coefficient (Wildman–Crippen LogP) is 2.89. The van der Waals surface area contributed by atoms with Crippen molar-refractivity contribution in [2.75, 3.05) is 0 Å². The van der Waals surface area contributed by atoms with Crippen LogP contribution in [0.4, 0.5) is 8.78 Å². The fourth-order valence-electron chi connectivity index (χ4n) is 1.52. The van der Waals surface area contributed by atoms with Gasteiger partial charge in [0.15, 0.2) is 0 Å². The average molecular weight is 218 g/mol. The molecule has 81 valence electrons. The lowest BCUT2D eigenvalue weighted by molar-refractivity contribution is 0.616. The van der Waals surface area contributed by atoms with Crippen LogP contribution in [-0.4, -0.2) is 0 Å². The summed E-state index contributed by atoms with van der Waals surface area (Å²) in [5.41, 5.74) is 6.65. The first-order valence-corrected chi connectivity index (χ1v) is 4.87. The van der Waals surface area contributed by atoms with Crippen molar-refractivity contribution < 1.29 is 8.78 Å².